The van der Waals surface area contributed by atoms with E-state index in [0.29, 0.717) is 19.4 Å². The van der Waals surface area contributed by atoms with E-state index in [2.05, 4.69) is 55.6 Å². The smallest absolute Gasteiger partial charge is 0.327 e. The molecule has 2 N–H and O–H groups in total. The standard InChI is InChI=1S/C30H33NO3/c1-22-9-6-7-10-25(22)19-20-31-29(32)21-24-15-17-27(18-16-24)28(13-8-14-30(33)34)23(2)26-11-4-3-5-12-26/h3-12,14-18,23,28H,13,19-21H2,1-2H3,(H,31,32)(H,33,34)/b14-8+. The average molecular weight is 456 g/mol. The molecule has 4 heteroatoms. The van der Waals surface area contributed by atoms with E-state index in [1.807, 2.05) is 42.5 Å². The molecule has 34 heavy (non-hydrogen) atoms. The molecular weight excluding hydrogens is 422 g/mol. The first kappa shape index (κ1) is 25.0. The monoisotopic (exact) mass is 455 g/mol. The predicted molar refractivity (Wildman–Crippen MR) is 137 cm³/mol. The van der Waals surface area contributed by atoms with Gasteiger partial charge >= 0.3 is 5.97 Å². The van der Waals surface area contributed by atoms with Gasteiger partial charge in [0.15, 0.2) is 0 Å². The van der Waals surface area contributed by atoms with Crippen molar-refractivity contribution in [2.45, 2.75) is 44.9 Å². The fraction of sp³-hybridized carbons (Fsp3) is 0.267. The molecule has 0 bridgehead atoms. The molecule has 3 aromatic carbocycles. The van der Waals surface area contributed by atoms with Gasteiger partial charge in [0.1, 0.15) is 0 Å². The van der Waals surface area contributed by atoms with E-state index >= 15 is 0 Å². The number of benzene rings is 3. The van der Waals surface area contributed by atoms with Gasteiger partial charge in [-0.1, -0.05) is 91.9 Å². The Bertz CT molecular complexity index is 1100. The first-order chi connectivity index (χ1) is 16.4. The number of carbonyl (C=O) groups is 2. The van der Waals surface area contributed by atoms with Crippen LogP contribution in [-0.4, -0.2) is 23.5 Å². The molecule has 176 valence electrons. The summed E-state index contributed by atoms with van der Waals surface area (Å²) in [7, 11) is 0. The number of carbonyl (C=O) groups excluding carboxylic acids is 1. The van der Waals surface area contributed by atoms with Crippen molar-refractivity contribution in [2.75, 3.05) is 6.54 Å². The van der Waals surface area contributed by atoms with Crippen molar-refractivity contribution in [3.8, 4) is 0 Å². The number of carboxylic acid groups (broad SMARTS) is 1. The molecule has 3 rings (SSSR count). The number of allylic oxidation sites excluding steroid dienone is 1. The Morgan fingerprint density at radius 1 is 0.912 bits per heavy atom. The summed E-state index contributed by atoms with van der Waals surface area (Å²) in [6.07, 6.45) is 4.72. The molecule has 2 atom stereocenters. The zero-order valence-corrected chi connectivity index (χ0v) is 19.9. The summed E-state index contributed by atoms with van der Waals surface area (Å²) < 4.78 is 0. The van der Waals surface area contributed by atoms with Crippen LogP contribution in [0.5, 0.6) is 0 Å². The molecule has 4 nitrogen and oxygen atoms in total. The Morgan fingerprint density at radius 3 is 2.26 bits per heavy atom. The molecule has 0 saturated heterocycles. The minimum Gasteiger partial charge on any atom is -0.478 e. The first-order valence-electron chi connectivity index (χ1n) is 11.8. The number of nitrogens with one attached hydrogen (secondary N) is 1. The van der Waals surface area contributed by atoms with Gasteiger partial charge in [-0.3, -0.25) is 4.79 Å². The lowest BCUT2D eigenvalue weighted by atomic mass is 9.80. The number of carboxylic acids is 1. The molecule has 2 unspecified atom stereocenters. The summed E-state index contributed by atoms with van der Waals surface area (Å²) in [6, 6.07) is 26.6. The van der Waals surface area contributed by atoms with Gasteiger partial charge in [0.2, 0.25) is 5.91 Å². The van der Waals surface area contributed by atoms with Crippen molar-refractivity contribution >= 4 is 11.9 Å². The van der Waals surface area contributed by atoms with E-state index < -0.39 is 5.97 Å². The van der Waals surface area contributed by atoms with Gasteiger partial charge in [0.05, 0.1) is 6.42 Å². The largest absolute Gasteiger partial charge is 0.478 e. The number of hydrogen-bond acceptors (Lipinski definition) is 2. The average Bonchev–Trinajstić information content (AvgIpc) is 2.84. The van der Waals surface area contributed by atoms with Crippen LogP contribution in [0.4, 0.5) is 0 Å². The molecule has 0 saturated carbocycles. The third-order valence-corrected chi connectivity index (χ3v) is 6.33. The van der Waals surface area contributed by atoms with E-state index in [1.165, 1.54) is 22.8 Å². The van der Waals surface area contributed by atoms with Crippen molar-refractivity contribution in [3.05, 3.63) is 119 Å². The quantitative estimate of drug-likeness (QED) is 0.358. The number of aryl methyl sites for hydroxylation is 1. The summed E-state index contributed by atoms with van der Waals surface area (Å²) in [4.78, 5) is 23.4. The topological polar surface area (TPSA) is 66.4 Å². The van der Waals surface area contributed by atoms with E-state index in [9.17, 15) is 9.59 Å². The second-order valence-electron chi connectivity index (χ2n) is 8.73. The molecule has 0 heterocycles. The van der Waals surface area contributed by atoms with Gasteiger partial charge in [0, 0.05) is 12.6 Å². The zero-order chi connectivity index (χ0) is 24.3. The van der Waals surface area contributed by atoms with Gasteiger partial charge in [0.25, 0.3) is 0 Å². The fourth-order valence-corrected chi connectivity index (χ4v) is 4.29. The van der Waals surface area contributed by atoms with Crippen molar-refractivity contribution < 1.29 is 14.7 Å². The normalized spacial score (nSPS) is 12.9. The second kappa shape index (κ2) is 12.5. The highest BCUT2D eigenvalue weighted by molar-refractivity contribution is 5.79. The molecule has 0 aliphatic heterocycles. The highest BCUT2D eigenvalue weighted by Crippen LogP contribution is 2.35. The lowest BCUT2D eigenvalue weighted by Crippen LogP contribution is -2.27. The Balaban J connectivity index is 1.62. The van der Waals surface area contributed by atoms with Crippen LogP contribution in [0.15, 0.2) is 91.0 Å². The second-order valence-corrected chi connectivity index (χ2v) is 8.73. The number of aliphatic carboxylic acids is 1. The fourth-order valence-electron chi connectivity index (χ4n) is 4.29. The summed E-state index contributed by atoms with van der Waals surface area (Å²) in [5.74, 6) is -0.569. The van der Waals surface area contributed by atoms with Gasteiger partial charge in [-0.15, -0.1) is 0 Å². The zero-order valence-electron chi connectivity index (χ0n) is 19.9. The molecule has 1 amide bonds. The molecule has 0 radical (unpaired) electrons. The third-order valence-electron chi connectivity index (χ3n) is 6.33. The Kier molecular flexibility index (Phi) is 9.21. The van der Waals surface area contributed by atoms with Crippen LogP contribution >= 0.6 is 0 Å². The SMILES string of the molecule is Cc1ccccc1CCNC(=O)Cc1ccc(C(C/C=C/C(=O)O)C(C)c2ccccc2)cc1. The summed E-state index contributed by atoms with van der Waals surface area (Å²) in [6.45, 7) is 4.88. The summed E-state index contributed by atoms with van der Waals surface area (Å²) >= 11 is 0. The van der Waals surface area contributed by atoms with Gasteiger partial charge in [-0.05, 0) is 59.4 Å². The lowest BCUT2D eigenvalue weighted by Gasteiger charge is -2.24. The Morgan fingerprint density at radius 2 is 1.59 bits per heavy atom. The number of hydrogen-bond donors (Lipinski definition) is 2. The number of amides is 1. The maximum atomic E-state index is 12.4. The molecule has 0 aliphatic rings. The van der Waals surface area contributed by atoms with Crippen molar-refractivity contribution in [3.63, 3.8) is 0 Å². The van der Waals surface area contributed by atoms with Crippen LogP contribution in [-0.2, 0) is 22.4 Å². The molecular formula is C30H33NO3. The van der Waals surface area contributed by atoms with Crippen molar-refractivity contribution in [2.24, 2.45) is 0 Å². The third kappa shape index (κ3) is 7.45. The van der Waals surface area contributed by atoms with E-state index in [4.69, 9.17) is 5.11 Å². The summed E-state index contributed by atoms with van der Waals surface area (Å²) in [5, 5.41) is 12.0. The van der Waals surface area contributed by atoms with E-state index in [1.54, 1.807) is 6.08 Å². The molecule has 3 aromatic rings. The Labute approximate surface area is 202 Å². The van der Waals surface area contributed by atoms with Gasteiger partial charge in [-0.2, -0.15) is 0 Å². The lowest BCUT2D eigenvalue weighted by molar-refractivity contribution is -0.131. The van der Waals surface area contributed by atoms with Crippen LogP contribution in [0, 0.1) is 6.92 Å². The van der Waals surface area contributed by atoms with Gasteiger partial charge in [-0.25, -0.2) is 4.79 Å². The minimum absolute atomic E-state index is 0.0138. The molecule has 0 spiro atoms. The van der Waals surface area contributed by atoms with Crippen LogP contribution in [0.25, 0.3) is 0 Å². The van der Waals surface area contributed by atoms with Crippen LogP contribution in [0.3, 0.4) is 0 Å². The molecule has 0 fully saturated rings. The highest BCUT2D eigenvalue weighted by Gasteiger charge is 2.20. The molecule has 0 aromatic heterocycles. The first-order valence-corrected chi connectivity index (χ1v) is 11.8. The van der Waals surface area contributed by atoms with Crippen molar-refractivity contribution in [1.29, 1.82) is 0 Å². The van der Waals surface area contributed by atoms with Crippen LogP contribution in [0.2, 0.25) is 0 Å². The predicted octanol–water partition coefficient (Wildman–Crippen LogP) is 5.81. The maximum absolute atomic E-state index is 12.4. The minimum atomic E-state index is -0.935. The highest BCUT2D eigenvalue weighted by atomic mass is 16.4. The van der Waals surface area contributed by atoms with E-state index in [-0.39, 0.29) is 17.7 Å². The molecule has 0 aliphatic carbocycles. The summed E-state index contributed by atoms with van der Waals surface area (Å²) in [5.41, 5.74) is 5.81. The number of rotatable bonds is 11. The maximum Gasteiger partial charge on any atom is 0.327 e. The van der Waals surface area contributed by atoms with E-state index in [0.717, 1.165) is 17.5 Å². The van der Waals surface area contributed by atoms with Gasteiger partial charge < -0.3 is 10.4 Å². The van der Waals surface area contributed by atoms with Crippen molar-refractivity contribution in [1.82, 2.24) is 5.32 Å². The van der Waals surface area contributed by atoms with Crippen LogP contribution in [0.1, 0.15) is 53.0 Å². The Hall–Kier alpha value is -3.66. The van der Waals surface area contributed by atoms with Crippen LogP contribution < -0.4 is 5.32 Å².